The van der Waals surface area contributed by atoms with E-state index in [0.29, 0.717) is 5.02 Å². The summed E-state index contributed by atoms with van der Waals surface area (Å²) >= 11 is 6.04. The Labute approximate surface area is 153 Å². The Morgan fingerprint density at radius 3 is 2.48 bits per heavy atom. The van der Waals surface area contributed by atoms with Gasteiger partial charge in [-0.2, -0.15) is 0 Å². The first-order valence-electron chi connectivity index (χ1n) is 8.35. The van der Waals surface area contributed by atoms with Gasteiger partial charge in [0.05, 0.1) is 6.04 Å². The Balaban J connectivity index is 1.70. The van der Waals surface area contributed by atoms with E-state index in [4.69, 9.17) is 11.6 Å². The smallest absolute Gasteiger partial charge is 0.241 e. The molecule has 128 valence electrons. The fourth-order valence-electron chi connectivity index (χ4n) is 2.90. The van der Waals surface area contributed by atoms with Crippen molar-refractivity contribution >= 4 is 34.0 Å². The van der Waals surface area contributed by atoms with Gasteiger partial charge in [0.15, 0.2) is 0 Å². The van der Waals surface area contributed by atoms with Gasteiger partial charge in [-0.15, -0.1) is 0 Å². The molecule has 0 aliphatic heterocycles. The highest BCUT2D eigenvalue weighted by atomic mass is 35.5. The minimum Gasteiger partial charge on any atom is -0.324 e. The minimum atomic E-state index is -0.340. The van der Waals surface area contributed by atoms with Gasteiger partial charge in [-0.05, 0) is 43.0 Å². The molecule has 0 saturated carbocycles. The molecule has 3 aromatic carbocycles. The van der Waals surface area contributed by atoms with Crippen LogP contribution in [0.2, 0.25) is 5.02 Å². The van der Waals surface area contributed by atoms with E-state index in [-0.39, 0.29) is 18.0 Å². The first-order valence-corrected chi connectivity index (χ1v) is 8.72. The lowest BCUT2D eigenvalue weighted by Crippen LogP contribution is -2.39. The first kappa shape index (κ1) is 17.5. The molecule has 0 bridgehead atoms. The maximum atomic E-state index is 12.6. The zero-order chi connectivity index (χ0) is 17.8. The third-order valence-electron chi connectivity index (χ3n) is 4.29. The van der Waals surface area contributed by atoms with Crippen molar-refractivity contribution in [2.24, 2.45) is 0 Å². The van der Waals surface area contributed by atoms with Gasteiger partial charge in [0, 0.05) is 22.1 Å². The fourth-order valence-corrected chi connectivity index (χ4v) is 3.10. The summed E-state index contributed by atoms with van der Waals surface area (Å²) in [7, 11) is 0. The average molecular weight is 353 g/mol. The van der Waals surface area contributed by atoms with Gasteiger partial charge in [-0.25, -0.2) is 0 Å². The van der Waals surface area contributed by atoms with Crippen LogP contribution in [0.15, 0.2) is 66.7 Å². The van der Waals surface area contributed by atoms with E-state index < -0.39 is 0 Å². The molecule has 3 aromatic rings. The molecule has 0 aliphatic rings. The van der Waals surface area contributed by atoms with Crippen LogP contribution in [0.1, 0.15) is 25.5 Å². The molecule has 0 heterocycles. The Hall–Kier alpha value is -2.36. The summed E-state index contributed by atoms with van der Waals surface area (Å²) < 4.78 is 0. The van der Waals surface area contributed by atoms with Crippen molar-refractivity contribution in [3.63, 3.8) is 0 Å². The van der Waals surface area contributed by atoms with E-state index in [0.717, 1.165) is 22.0 Å². The van der Waals surface area contributed by atoms with Crippen LogP contribution in [0.3, 0.4) is 0 Å². The molecule has 3 nitrogen and oxygen atoms in total. The van der Waals surface area contributed by atoms with Gasteiger partial charge in [0.2, 0.25) is 5.91 Å². The number of hydrogen-bond donors (Lipinski definition) is 2. The SMILES string of the molecule is CC(NC(C)c1cccc(Cl)c1)C(=O)Nc1cccc2ccccc12. The zero-order valence-corrected chi connectivity index (χ0v) is 15.0. The molecule has 0 fully saturated rings. The number of fused-ring (bicyclic) bond motifs is 1. The molecule has 0 radical (unpaired) electrons. The predicted octanol–water partition coefficient (Wildman–Crippen LogP) is 5.17. The monoisotopic (exact) mass is 352 g/mol. The molecular formula is C21H21ClN2O. The molecular weight excluding hydrogens is 332 g/mol. The lowest BCUT2D eigenvalue weighted by Gasteiger charge is -2.20. The molecule has 0 aliphatic carbocycles. The van der Waals surface area contributed by atoms with E-state index >= 15 is 0 Å². The average Bonchev–Trinajstić information content (AvgIpc) is 2.62. The Kier molecular flexibility index (Phi) is 5.37. The number of anilines is 1. The topological polar surface area (TPSA) is 41.1 Å². The van der Waals surface area contributed by atoms with Crippen molar-refractivity contribution < 1.29 is 4.79 Å². The van der Waals surface area contributed by atoms with Crippen LogP contribution in [0.25, 0.3) is 10.8 Å². The lowest BCUT2D eigenvalue weighted by molar-refractivity contribution is -0.117. The number of amides is 1. The molecule has 1 amide bonds. The molecule has 0 saturated heterocycles. The van der Waals surface area contributed by atoms with Gasteiger partial charge in [-0.3, -0.25) is 10.1 Å². The highest BCUT2D eigenvalue weighted by Crippen LogP contribution is 2.23. The van der Waals surface area contributed by atoms with Gasteiger partial charge < -0.3 is 5.32 Å². The fraction of sp³-hybridized carbons (Fsp3) is 0.190. The maximum Gasteiger partial charge on any atom is 0.241 e. The molecule has 0 aromatic heterocycles. The minimum absolute atomic E-state index is 0.0203. The van der Waals surface area contributed by atoms with Crippen LogP contribution in [0.5, 0.6) is 0 Å². The number of halogens is 1. The van der Waals surface area contributed by atoms with E-state index in [9.17, 15) is 4.79 Å². The number of carbonyl (C=O) groups excluding carboxylic acids is 1. The van der Waals surface area contributed by atoms with Crippen LogP contribution in [-0.4, -0.2) is 11.9 Å². The second-order valence-electron chi connectivity index (χ2n) is 6.18. The van der Waals surface area contributed by atoms with Gasteiger partial charge >= 0.3 is 0 Å². The summed E-state index contributed by atoms with van der Waals surface area (Å²) in [6.45, 7) is 3.88. The van der Waals surface area contributed by atoms with Gasteiger partial charge in [0.25, 0.3) is 0 Å². The number of hydrogen-bond acceptors (Lipinski definition) is 2. The van der Waals surface area contributed by atoms with Crippen LogP contribution in [-0.2, 0) is 4.79 Å². The summed E-state index contributed by atoms with van der Waals surface area (Å²) in [4.78, 5) is 12.6. The predicted molar refractivity (Wildman–Crippen MR) is 105 cm³/mol. The zero-order valence-electron chi connectivity index (χ0n) is 14.3. The van der Waals surface area contributed by atoms with E-state index in [1.165, 1.54) is 0 Å². The van der Waals surface area contributed by atoms with Crippen LogP contribution in [0, 0.1) is 0 Å². The van der Waals surface area contributed by atoms with Gasteiger partial charge in [-0.1, -0.05) is 60.1 Å². The highest BCUT2D eigenvalue weighted by molar-refractivity contribution is 6.30. The summed E-state index contributed by atoms with van der Waals surface area (Å²) in [6.07, 6.45) is 0. The quantitative estimate of drug-likeness (QED) is 0.665. The molecule has 4 heteroatoms. The summed E-state index contributed by atoms with van der Waals surface area (Å²) in [5.74, 6) is -0.0646. The Morgan fingerprint density at radius 1 is 0.960 bits per heavy atom. The second kappa shape index (κ2) is 7.68. The number of nitrogens with one attached hydrogen (secondary N) is 2. The van der Waals surface area contributed by atoms with Crippen molar-refractivity contribution in [2.45, 2.75) is 25.9 Å². The Bertz CT molecular complexity index is 888. The normalized spacial score (nSPS) is 13.4. The molecule has 3 rings (SSSR count). The van der Waals surface area contributed by atoms with Crippen LogP contribution >= 0.6 is 11.6 Å². The largest absolute Gasteiger partial charge is 0.324 e. The summed E-state index contributed by atoms with van der Waals surface area (Å²) in [5, 5.41) is 9.18. The molecule has 2 atom stereocenters. The molecule has 25 heavy (non-hydrogen) atoms. The van der Waals surface area contributed by atoms with Crippen molar-refractivity contribution in [1.82, 2.24) is 5.32 Å². The van der Waals surface area contributed by atoms with Crippen molar-refractivity contribution in [3.05, 3.63) is 77.3 Å². The third-order valence-corrected chi connectivity index (χ3v) is 4.52. The molecule has 2 N–H and O–H groups in total. The molecule has 0 spiro atoms. The van der Waals surface area contributed by atoms with Crippen molar-refractivity contribution in [2.75, 3.05) is 5.32 Å². The second-order valence-corrected chi connectivity index (χ2v) is 6.62. The first-order chi connectivity index (χ1) is 12.0. The molecule has 2 unspecified atom stereocenters. The van der Waals surface area contributed by atoms with Crippen LogP contribution in [0.4, 0.5) is 5.69 Å². The lowest BCUT2D eigenvalue weighted by atomic mass is 10.1. The van der Waals surface area contributed by atoms with Crippen molar-refractivity contribution in [1.29, 1.82) is 0 Å². The van der Waals surface area contributed by atoms with Crippen molar-refractivity contribution in [3.8, 4) is 0 Å². The number of benzene rings is 3. The maximum absolute atomic E-state index is 12.6. The Morgan fingerprint density at radius 2 is 1.68 bits per heavy atom. The standard InChI is InChI=1S/C21H21ClN2O/c1-14(17-9-5-10-18(22)13-17)23-15(2)21(25)24-20-12-6-8-16-7-3-4-11-19(16)20/h3-15,23H,1-2H3,(H,24,25). The summed E-state index contributed by atoms with van der Waals surface area (Å²) in [6, 6.07) is 21.3. The van der Waals surface area contributed by atoms with E-state index in [1.807, 2.05) is 80.6 Å². The third kappa shape index (κ3) is 4.19. The summed E-state index contributed by atoms with van der Waals surface area (Å²) in [5.41, 5.74) is 1.88. The van der Waals surface area contributed by atoms with E-state index in [2.05, 4.69) is 10.6 Å². The van der Waals surface area contributed by atoms with Crippen LogP contribution < -0.4 is 10.6 Å². The highest BCUT2D eigenvalue weighted by Gasteiger charge is 2.17. The number of carbonyl (C=O) groups is 1. The van der Waals surface area contributed by atoms with Gasteiger partial charge in [0.1, 0.15) is 0 Å². The van der Waals surface area contributed by atoms with E-state index in [1.54, 1.807) is 0 Å². The number of rotatable bonds is 5.